The lowest BCUT2D eigenvalue weighted by molar-refractivity contribution is 0.605. The van der Waals surface area contributed by atoms with Crippen LogP contribution in [0.2, 0.25) is 0 Å². The molecule has 0 rings (SSSR count). The molecule has 0 radical (unpaired) electrons. The zero-order chi connectivity index (χ0) is 7.11. The Bertz CT molecular complexity index is 72.6. The predicted octanol–water partition coefficient (Wildman–Crippen LogP) is 1.94. The van der Waals surface area contributed by atoms with E-state index >= 15 is 0 Å². The first-order valence-electron chi connectivity index (χ1n) is 3.71. The fraction of sp³-hybridized carbons (Fsp3) is 0.750. The average molecular weight is 127 g/mol. The molecule has 0 fully saturated rings. The van der Waals surface area contributed by atoms with Crippen molar-refractivity contribution in [3.05, 3.63) is 12.2 Å². The minimum Gasteiger partial charge on any atom is -0.327 e. The molecule has 0 bridgehead atoms. The maximum atomic E-state index is 5.30. The summed E-state index contributed by atoms with van der Waals surface area (Å²) in [6.45, 7) is 5.08. The molecule has 0 spiro atoms. The second-order valence-electron chi connectivity index (χ2n) is 2.24. The fourth-order valence-electron chi connectivity index (χ4n) is 0.832. The summed E-state index contributed by atoms with van der Waals surface area (Å²) in [5, 5.41) is 0. The molecule has 0 aliphatic rings. The lowest BCUT2D eigenvalue weighted by atomic mass is 10.0. The van der Waals surface area contributed by atoms with E-state index in [1.807, 2.05) is 6.08 Å². The highest BCUT2D eigenvalue weighted by atomic mass is 14.5. The Morgan fingerprint density at radius 3 is 2.22 bits per heavy atom. The second-order valence-corrected chi connectivity index (χ2v) is 2.24. The van der Waals surface area contributed by atoms with Gasteiger partial charge in [-0.1, -0.05) is 26.0 Å². The van der Waals surface area contributed by atoms with Crippen LogP contribution in [0.3, 0.4) is 0 Å². The predicted molar refractivity (Wildman–Crippen MR) is 42.3 cm³/mol. The Labute approximate surface area is 57.9 Å². The molecule has 0 unspecified atom stereocenters. The number of allylic oxidation sites excluding steroid dienone is 1. The van der Waals surface area contributed by atoms with Crippen molar-refractivity contribution < 1.29 is 0 Å². The van der Waals surface area contributed by atoms with E-state index in [-0.39, 0.29) is 0 Å². The van der Waals surface area contributed by atoms with Crippen molar-refractivity contribution >= 4 is 0 Å². The molecule has 9 heavy (non-hydrogen) atoms. The van der Waals surface area contributed by atoms with Gasteiger partial charge in [0.15, 0.2) is 0 Å². The summed E-state index contributed by atoms with van der Waals surface area (Å²) in [5.74, 6) is 0.744. The number of rotatable bonds is 4. The molecular formula is C8H17N. The van der Waals surface area contributed by atoms with Crippen molar-refractivity contribution in [3.8, 4) is 0 Å². The fourth-order valence-corrected chi connectivity index (χ4v) is 0.832. The van der Waals surface area contributed by atoms with E-state index in [1.54, 1.807) is 0 Å². The first-order chi connectivity index (χ1) is 4.35. The van der Waals surface area contributed by atoms with Gasteiger partial charge < -0.3 is 5.73 Å². The van der Waals surface area contributed by atoms with Gasteiger partial charge in [0.2, 0.25) is 0 Å². The average Bonchev–Trinajstić information content (AvgIpc) is 1.91. The summed E-state index contributed by atoms with van der Waals surface area (Å²) in [6, 6.07) is 0. The van der Waals surface area contributed by atoms with Gasteiger partial charge in [0.25, 0.3) is 0 Å². The molecule has 0 amide bonds. The molecule has 0 aromatic rings. The van der Waals surface area contributed by atoms with Crippen molar-refractivity contribution in [3.63, 3.8) is 0 Å². The standard InChI is InChI=1S/C8H17N/c1-3-8(4-2)6-5-7-9/h5-6,8H,3-4,7,9H2,1-2H3/b6-5+. The van der Waals surface area contributed by atoms with E-state index in [4.69, 9.17) is 5.73 Å². The maximum absolute atomic E-state index is 5.30. The quantitative estimate of drug-likeness (QED) is 0.574. The van der Waals surface area contributed by atoms with Crippen LogP contribution in [-0.2, 0) is 0 Å². The highest BCUT2D eigenvalue weighted by molar-refractivity contribution is 4.87. The number of hydrogen-bond donors (Lipinski definition) is 1. The molecule has 54 valence electrons. The molecule has 0 aliphatic heterocycles. The van der Waals surface area contributed by atoms with Gasteiger partial charge in [0.1, 0.15) is 0 Å². The molecular weight excluding hydrogens is 110 g/mol. The largest absolute Gasteiger partial charge is 0.327 e. The third-order valence-electron chi connectivity index (χ3n) is 1.59. The highest BCUT2D eigenvalue weighted by Crippen LogP contribution is 2.07. The summed E-state index contributed by atoms with van der Waals surface area (Å²) in [6.07, 6.45) is 6.71. The zero-order valence-corrected chi connectivity index (χ0v) is 6.43. The van der Waals surface area contributed by atoms with Crippen LogP contribution in [0.4, 0.5) is 0 Å². The first kappa shape index (κ1) is 8.70. The summed E-state index contributed by atoms with van der Waals surface area (Å²) in [5.41, 5.74) is 5.30. The minimum absolute atomic E-state index is 0.677. The van der Waals surface area contributed by atoms with E-state index in [9.17, 15) is 0 Å². The van der Waals surface area contributed by atoms with Crippen LogP contribution in [-0.4, -0.2) is 6.54 Å². The number of hydrogen-bond acceptors (Lipinski definition) is 1. The highest BCUT2D eigenvalue weighted by Gasteiger charge is 1.94. The van der Waals surface area contributed by atoms with Crippen molar-refractivity contribution in [1.82, 2.24) is 0 Å². The minimum atomic E-state index is 0.677. The molecule has 0 saturated carbocycles. The van der Waals surface area contributed by atoms with Crippen LogP contribution in [0.1, 0.15) is 26.7 Å². The van der Waals surface area contributed by atoms with Crippen LogP contribution < -0.4 is 5.73 Å². The Balaban J connectivity index is 3.41. The van der Waals surface area contributed by atoms with E-state index in [0.717, 1.165) is 5.92 Å². The molecule has 1 heteroatoms. The van der Waals surface area contributed by atoms with Crippen LogP contribution in [0, 0.1) is 5.92 Å². The molecule has 0 aliphatic carbocycles. The summed E-state index contributed by atoms with van der Waals surface area (Å²) in [7, 11) is 0. The number of nitrogens with two attached hydrogens (primary N) is 1. The van der Waals surface area contributed by atoms with E-state index in [2.05, 4.69) is 19.9 Å². The van der Waals surface area contributed by atoms with Gasteiger partial charge in [-0.2, -0.15) is 0 Å². The first-order valence-corrected chi connectivity index (χ1v) is 3.71. The summed E-state index contributed by atoms with van der Waals surface area (Å²) < 4.78 is 0. The van der Waals surface area contributed by atoms with Crippen molar-refractivity contribution in [2.75, 3.05) is 6.54 Å². The third kappa shape index (κ3) is 4.22. The lowest BCUT2D eigenvalue weighted by Crippen LogP contribution is -1.96. The molecule has 0 aromatic carbocycles. The van der Waals surface area contributed by atoms with Crippen molar-refractivity contribution in [2.45, 2.75) is 26.7 Å². The summed E-state index contributed by atoms with van der Waals surface area (Å²) in [4.78, 5) is 0. The Hall–Kier alpha value is -0.300. The van der Waals surface area contributed by atoms with Gasteiger partial charge in [-0.15, -0.1) is 0 Å². The molecule has 2 N–H and O–H groups in total. The van der Waals surface area contributed by atoms with Gasteiger partial charge in [-0.25, -0.2) is 0 Å². The van der Waals surface area contributed by atoms with E-state index in [0.29, 0.717) is 6.54 Å². The summed E-state index contributed by atoms with van der Waals surface area (Å²) >= 11 is 0. The third-order valence-corrected chi connectivity index (χ3v) is 1.59. The van der Waals surface area contributed by atoms with Crippen molar-refractivity contribution in [1.29, 1.82) is 0 Å². The van der Waals surface area contributed by atoms with Crippen LogP contribution in [0.5, 0.6) is 0 Å². The van der Waals surface area contributed by atoms with Crippen LogP contribution >= 0.6 is 0 Å². The monoisotopic (exact) mass is 127 g/mol. The van der Waals surface area contributed by atoms with Gasteiger partial charge in [-0.3, -0.25) is 0 Å². The maximum Gasteiger partial charge on any atom is 0.0106 e. The Kier molecular flexibility index (Phi) is 5.64. The van der Waals surface area contributed by atoms with Crippen molar-refractivity contribution in [2.24, 2.45) is 11.7 Å². The van der Waals surface area contributed by atoms with E-state index < -0.39 is 0 Å². The zero-order valence-electron chi connectivity index (χ0n) is 6.43. The second kappa shape index (κ2) is 5.83. The molecule has 0 atom stereocenters. The van der Waals surface area contributed by atoms with Gasteiger partial charge in [-0.05, 0) is 18.8 Å². The topological polar surface area (TPSA) is 26.0 Å². The van der Waals surface area contributed by atoms with Gasteiger partial charge >= 0.3 is 0 Å². The Morgan fingerprint density at radius 1 is 1.33 bits per heavy atom. The van der Waals surface area contributed by atoms with Crippen LogP contribution in [0.25, 0.3) is 0 Å². The van der Waals surface area contributed by atoms with Gasteiger partial charge in [0.05, 0.1) is 0 Å². The normalized spacial score (nSPS) is 11.6. The van der Waals surface area contributed by atoms with E-state index in [1.165, 1.54) is 12.8 Å². The SMILES string of the molecule is CCC(/C=C/CN)CC. The van der Waals surface area contributed by atoms with Gasteiger partial charge in [0, 0.05) is 6.54 Å². The molecule has 0 heterocycles. The van der Waals surface area contributed by atoms with Crippen LogP contribution in [0.15, 0.2) is 12.2 Å². The Morgan fingerprint density at radius 2 is 1.89 bits per heavy atom. The molecule has 0 saturated heterocycles. The molecule has 1 nitrogen and oxygen atoms in total. The smallest absolute Gasteiger partial charge is 0.0106 e. The lowest BCUT2D eigenvalue weighted by Gasteiger charge is -2.03. The molecule has 0 aromatic heterocycles.